The van der Waals surface area contributed by atoms with Gasteiger partial charge in [0.15, 0.2) is 6.61 Å². The van der Waals surface area contributed by atoms with Crippen molar-refractivity contribution in [3.05, 3.63) is 23.8 Å². The molecule has 0 fully saturated rings. The van der Waals surface area contributed by atoms with Gasteiger partial charge in [-0.15, -0.1) is 0 Å². The third-order valence-corrected chi connectivity index (χ3v) is 2.51. The van der Waals surface area contributed by atoms with Crippen molar-refractivity contribution in [2.75, 3.05) is 18.5 Å². The average molecular weight is 227 g/mol. The summed E-state index contributed by atoms with van der Waals surface area (Å²) in [4.78, 5) is 0. The van der Waals surface area contributed by atoms with Gasteiger partial charge in [0.05, 0.1) is 0 Å². The molecule has 0 spiro atoms. The zero-order valence-electron chi connectivity index (χ0n) is 9.22. The van der Waals surface area contributed by atoms with E-state index in [1.165, 1.54) is 0 Å². The van der Waals surface area contributed by atoms with E-state index in [9.17, 15) is 8.78 Å². The molecule has 88 valence electrons. The summed E-state index contributed by atoms with van der Waals surface area (Å²) in [6.45, 7) is 1.26. The number of halogens is 2. The van der Waals surface area contributed by atoms with Crippen LogP contribution in [-0.4, -0.2) is 19.1 Å². The molecule has 1 aliphatic heterocycles. The maximum absolute atomic E-state index is 12.6. The normalized spacial score (nSPS) is 15.2. The van der Waals surface area contributed by atoms with Gasteiger partial charge in [0, 0.05) is 19.2 Å². The van der Waals surface area contributed by atoms with Gasteiger partial charge in [0.1, 0.15) is 5.75 Å². The molecule has 1 N–H and O–H groups in total. The average Bonchev–Trinajstić information content (AvgIpc) is 2.25. The van der Waals surface area contributed by atoms with Gasteiger partial charge in [-0.3, -0.25) is 0 Å². The van der Waals surface area contributed by atoms with Crippen molar-refractivity contribution in [3.63, 3.8) is 0 Å². The predicted molar refractivity (Wildman–Crippen MR) is 59.4 cm³/mol. The van der Waals surface area contributed by atoms with Crippen LogP contribution in [0.25, 0.3) is 0 Å². The standard InChI is InChI=1S/C12H15F2NO/c1-12(13,14)8-16-10-4-5-11-9(7-10)3-2-6-15-11/h4-5,7,15H,2-3,6,8H2,1H3. The van der Waals surface area contributed by atoms with E-state index in [2.05, 4.69) is 5.32 Å². The highest BCUT2D eigenvalue weighted by Gasteiger charge is 2.22. The van der Waals surface area contributed by atoms with E-state index >= 15 is 0 Å². The molecule has 2 nitrogen and oxygen atoms in total. The molecule has 0 aliphatic carbocycles. The Hall–Kier alpha value is -1.32. The molecule has 2 rings (SSSR count). The van der Waals surface area contributed by atoms with Crippen LogP contribution in [0.15, 0.2) is 18.2 Å². The largest absolute Gasteiger partial charge is 0.487 e. The molecule has 0 aromatic heterocycles. The van der Waals surface area contributed by atoms with Gasteiger partial charge >= 0.3 is 0 Å². The van der Waals surface area contributed by atoms with Crippen LogP contribution >= 0.6 is 0 Å². The van der Waals surface area contributed by atoms with Crippen LogP contribution in [0, 0.1) is 0 Å². The van der Waals surface area contributed by atoms with Crippen molar-refractivity contribution in [2.24, 2.45) is 0 Å². The van der Waals surface area contributed by atoms with Crippen LogP contribution < -0.4 is 10.1 Å². The molecule has 0 saturated heterocycles. The minimum absolute atomic E-state index is 0.518. The minimum atomic E-state index is -2.78. The fourth-order valence-corrected chi connectivity index (χ4v) is 1.75. The highest BCUT2D eigenvalue weighted by molar-refractivity contribution is 5.55. The minimum Gasteiger partial charge on any atom is -0.487 e. The van der Waals surface area contributed by atoms with E-state index in [4.69, 9.17) is 4.74 Å². The smallest absolute Gasteiger partial charge is 0.278 e. The molecule has 1 aromatic carbocycles. The van der Waals surface area contributed by atoms with Gasteiger partial charge in [0.25, 0.3) is 5.92 Å². The summed E-state index contributed by atoms with van der Waals surface area (Å²) >= 11 is 0. The number of fused-ring (bicyclic) bond motifs is 1. The predicted octanol–water partition coefficient (Wildman–Crippen LogP) is 3.08. The van der Waals surface area contributed by atoms with Crippen molar-refractivity contribution in [2.45, 2.75) is 25.7 Å². The van der Waals surface area contributed by atoms with E-state index in [1.54, 1.807) is 6.07 Å². The van der Waals surface area contributed by atoms with E-state index in [0.717, 1.165) is 37.6 Å². The lowest BCUT2D eigenvalue weighted by Gasteiger charge is -2.19. The second-order valence-electron chi connectivity index (χ2n) is 4.21. The Kier molecular flexibility index (Phi) is 2.99. The summed E-state index contributed by atoms with van der Waals surface area (Å²) in [6, 6.07) is 5.45. The molecular weight excluding hydrogens is 212 g/mol. The zero-order valence-corrected chi connectivity index (χ0v) is 9.22. The van der Waals surface area contributed by atoms with Gasteiger partial charge in [0.2, 0.25) is 0 Å². The van der Waals surface area contributed by atoms with Crippen molar-refractivity contribution in [1.29, 1.82) is 0 Å². The molecule has 0 amide bonds. The van der Waals surface area contributed by atoms with E-state index < -0.39 is 12.5 Å². The number of benzene rings is 1. The summed E-state index contributed by atoms with van der Waals surface area (Å²) in [7, 11) is 0. The Morgan fingerprint density at radius 2 is 2.25 bits per heavy atom. The maximum atomic E-state index is 12.6. The molecular formula is C12H15F2NO. The van der Waals surface area contributed by atoms with E-state index in [1.807, 2.05) is 12.1 Å². The first-order valence-corrected chi connectivity index (χ1v) is 5.42. The quantitative estimate of drug-likeness (QED) is 0.856. The van der Waals surface area contributed by atoms with Crippen molar-refractivity contribution < 1.29 is 13.5 Å². The van der Waals surface area contributed by atoms with Crippen molar-refractivity contribution in [3.8, 4) is 5.75 Å². The topological polar surface area (TPSA) is 21.3 Å². The third-order valence-electron chi connectivity index (χ3n) is 2.51. The second kappa shape index (κ2) is 4.28. The first-order valence-electron chi connectivity index (χ1n) is 5.42. The highest BCUT2D eigenvalue weighted by atomic mass is 19.3. The summed E-state index contributed by atoms with van der Waals surface area (Å²) in [5.74, 6) is -2.27. The number of ether oxygens (including phenoxy) is 1. The van der Waals surface area contributed by atoms with Crippen LogP contribution in [-0.2, 0) is 6.42 Å². The molecule has 1 aromatic rings. The Morgan fingerprint density at radius 3 is 3.00 bits per heavy atom. The molecule has 1 heterocycles. The fraction of sp³-hybridized carbons (Fsp3) is 0.500. The van der Waals surface area contributed by atoms with Crippen LogP contribution in [0.4, 0.5) is 14.5 Å². The summed E-state index contributed by atoms with van der Waals surface area (Å²) in [5, 5.41) is 3.26. The summed E-state index contributed by atoms with van der Waals surface area (Å²) in [5.41, 5.74) is 2.23. The van der Waals surface area contributed by atoms with Gasteiger partial charge in [-0.05, 0) is 36.6 Å². The van der Waals surface area contributed by atoms with Gasteiger partial charge in [-0.2, -0.15) is 0 Å². The molecule has 0 saturated carbocycles. The number of rotatable bonds is 3. The lowest BCUT2D eigenvalue weighted by Crippen LogP contribution is -2.21. The number of anilines is 1. The summed E-state index contributed by atoms with van der Waals surface area (Å²) in [6.07, 6.45) is 2.04. The molecule has 1 aliphatic rings. The molecule has 4 heteroatoms. The van der Waals surface area contributed by atoms with Crippen molar-refractivity contribution >= 4 is 5.69 Å². The van der Waals surface area contributed by atoms with Gasteiger partial charge in [-0.1, -0.05) is 0 Å². The fourth-order valence-electron chi connectivity index (χ4n) is 1.75. The molecule has 0 unspecified atom stereocenters. The Balaban J connectivity index is 2.06. The van der Waals surface area contributed by atoms with Crippen molar-refractivity contribution in [1.82, 2.24) is 0 Å². The second-order valence-corrected chi connectivity index (χ2v) is 4.21. The van der Waals surface area contributed by atoms with E-state index in [0.29, 0.717) is 5.75 Å². The molecule has 0 bridgehead atoms. The monoisotopic (exact) mass is 227 g/mol. The van der Waals surface area contributed by atoms with Crippen LogP contribution in [0.2, 0.25) is 0 Å². The Labute approximate surface area is 93.6 Å². The van der Waals surface area contributed by atoms with Crippen LogP contribution in [0.1, 0.15) is 18.9 Å². The van der Waals surface area contributed by atoms with Gasteiger partial charge in [-0.25, -0.2) is 8.78 Å². The third kappa shape index (κ3) is 2.84. The number of nitrogens with one attached hydrogen (secondary N) is 1. The summed E-state index contributed by atoms with van der Waals surface area (Å²) < 4.78 is 30.3. The lowest BCUT2D eigenvalue weighted by molar-refractivity contribution is -0.0229. The molecule has 16 heavy (non-hydrogen) atoms. The molecule has 0 radical (unpaired) electrons. The Morgan fingerprint density at radius 1 is 1.44 bits per heavy atom. The number of hydrogen-bond acceptors (Lipinski definition) is 2. The van der Waals surface area contributed by atoms with Crippen LogP contribution in [0.3, 0.4) is 0 Å². The number of alkyl halides is 2. The maximum Gasteiger partial charge on any atom is 0.278 e. The number of aryl methyl sites for hydroxylation is 1. The highest BCUT2D eigenvalue weighted by Crippen LogP contribution is 2.27. The molecule has 0 atom stereocenters. The first kappa shape index (κ1) is 11.2. The first-order chi connectivity index (χ1) is 7.54. The lowest BCUT2D eigenvalue weighted by atomic mass is 10.0. The number of hydrogen-bond donors (Lipinski definition) is 1. The van der Waals surface area contributed by atoms with E-state index in [-0.39, 0.29) is 0 Å². The SMILES string of the molecule is CC(F)(F)COc1ccc2c(c1)CCCN2. The van der Waals surface area contributed by atoms with Gasteiger partial charge < -0.3 is 10.1 Å². The zero-order chi connectivity index (χ0) is 11.6. The Bertz CT molecular complexity index is 374. The van der Waals surface area contributed by atoms with Crippen LogP contribution in [0.5, 0.6) is 5.75 Å².